The van der Waals surface area contributed by atoms with Gasteiger partial charge in [-0.25, -0.2) is 0 Å². The monoisotopic (exact) mass is 220 g/mol. The third-order valence-electron chi connectivity index (χ3n) is 2.01. The molecular weight excluding hydrogens is 212 g/mol. The molecule has 1 heterocycles. The minimum absolute atomic E-state index is 0.754. The summed E-state index contributed by atoms with van der Waals surface area (Å²) in [6.45, 7) is 0. The Morgan fingerprint density at radius 2 is 2.29 bits per heavy atom. The van der Waals surface area contributed by atoms with Crippen LogP contribution < -0.4 is 5.73 Å². The first-order valence-corrected chi connectivity index (χ1v) is 6.07. The van der Waals surface area contributed by atoms with E-state index in [2.05, 4.69) is 6.07 Å². The maximum Gasteiger partial charge on any atom is 0.119 e. The van der Waals surface area contributed by atoms with Crippen LogP contribution in [0.2, 0.25) is 0 Å². The molecule has 70 valence electrons. The zero-order chi connectivity index (χ0) is 10.1. The summed E-state index contributed by atoms with van der Waals surface area (Å²) in [6, 6.07) is 7.99. The molecule has 14 heavy (non-hydrogen) atoms. The van der Waals surface area contributed by atoms with Crippen molar-refractivity contribution in [2.45, 2.75) is 4.90 Å². The van der Waals surface area contributed by atoms with Crippen molar-refractivity contribution in [3.63, 3.8) is 0 Å². The Labute approximate surface area is 90.3 Å². The molecular formula is C10H8N2S2. The normalized spacial score (nSPS) is 10.3. The molecule has 0 aliphatic rings. The number of thiophene rings is 1. The summed E-state index contributed by atoms with van der Waals surface area (Å²) in [6.07, 6.45) is 1.97. The zero-order valence-corrected chi connectivity index (χ0v) is 9.21. The maximum atomic E-state index is 8.95. The Hall–Kier alpha value is -1.18. The van der Waals surface area contributed by atoms with Gasteiger partial charge in [0.25, 0.3) is 0 Å². The van der Waals surface area contributed by atoms with Gasteiger partial charge in [0.1, 0.15) is 10.9 Å². The predicted molar refractivity (Wildman–Crippen MR) is 62.7 cm³/mol. The SMILES string of the molecule is CSc1c(C#N)sc2cccc(N)c12. The topological polar surface area (TPSA) is 49.8 Å². The average Bonchev–Trinajstić information content (AvgIpc) is 2.56. The standard InChI is InChI=1S/C10H8N2S2/c1-13-10-8(5-11)14-7-4-2-3-6(12)9(7)10/h2-4H,12H2,1H3. The Morgan fingerprint density at radius 1 is 1.50 bits per heavy atom. The summed E-state index contributed by atoms with van der Waals surface area (Å²) in [4.78, 5) is 1.76. The molecule has 0 saturated carbocycles. The average molecular weight is 220 g/mol. The number of anilines is 1. The molecule has 4 heteroatoms. The van der Waals surface area contributed by atoms with Crippen molar-refractivity contribution >= 4 is 38.9 Å². The molecule has 0 amide bonds. The van der Waals surface area contributed by atoms with E-state index in [0.29, 0.717) is 0 Å². The Bertz CT molecular complexity index is 523. The molecule has 2 N–H and O–H groups in total. The lowest BCUT2D eigenvalue weighted by atomic mass is 10.2. The number of fused-ring (bicyclic) bond motifs is 1. The molecule has 2 nitrogen and oxygen atoms in total. The van der Waals surface area contributed by atoms with Crippen molar-refractivity contribution < 1.29 is 0 Å². The van der Waals surface area contributed by atoms with Crippen LogP contribution in [0, 0.1) is 11.3 Å². The molecule has 0 spiro atoms. The van der Waals surface area contributed by atoms with E-state index in [-0.39, 0.29) is 0 Å². The van der Waals surface area contributed by atoms with E-state index in [1.54, 1.807) is 11.8 Å². The van der Waals surface area contributed by atoms with Crippen LogP contribution in [-0.2, 0) is 0 Å². The highest BCUT2D eigenvalue weighted by Gasteiger charge is 2.12. The van der Waals surface area contributed by atoms with Gasteiger partial charge < -0.3 is 5.73 Å². The lowest BCUT2D eigenvalue weighted by molar-refractivity contribution is 1.48. The van der Waals surface area contributed by atoms with Gasteiger partial charge in [0.15, 0.2) is 0 Å². The minimum atomic E-state index is 0.754. The van der Waals surface area contributed by atoms with Crippen LogP contribution >= 0.6 is 23.1 Å². The third-order valence-corrected chi connectivity index (χ3v) is 4.01. The van der Waals surface area contributed by atoms with Crippen molar-refractivity contribution in [1.29, 1.82) is 5.26 Å². The first-order chi connectivity index (χ1) is 6.77. The molecule has 0 aliphatic heterocycles. The molecule has 2 rings (SSSR count). The first-order valence-electron chi connectivity index (χ1n) is 4.03. The molecule has 1 aromatic heterocycles. The Balaban J connectivity index is 2.90. The van der Waals surface area contributed by atoms with E-state index < -0.39 is 0 Å². The molecule has 0 fully saturated rings. The second-order valence-electron chi connectivity index (χ2n) is 2.80. The second-order valence-corrected chi connectivity index (χ2v) is 4.67. The molecule has 0 bridgehead atoms. The van der Waals surface area contributed by atoms with Gasteiger partial charge in [-0.2, -0.15) is 5.26 Å². The summed E-state index contributed by atoms with van der Waals surface area (Å²) in [5, 5.41) is 9.98. The fraction of sp³-hybridized carbons (Fsp3) is 0.100. The van der Waals surface area contributed by atoms with Gasteiger partial charge in [-0.1, -0.05) is 6.07 Å². The summed E-state index contributed by atoms with van der Waals surface area (Å²) in [5.74, 6) is 0. The van der Waals surface area contributed by atoms with E-state index in [4.69, 9.17) is 11.0 Å². The maximum absolute atomic E-state index is 8.95. The van der Waals surface area contributed by atoms with E-state index >= 15 is 0 Å². The number of nitrogens with two attached hydrogens (primary N) is 1. The van der Waals surface area contributed by atoms with Gasteiger partial charge in [0.05, 0.1) is 0 Å². The highest BCUT2D eigenvalue weighted by atomic mass is 32.2. The van der Waals surface area contributed by atoms with Gasteiger partial charge in [0.2, 0.25) is 0 Å². The summed E-state index contributed by atoms with van der Waals surface area (Å²) >= 11 is 3.08. The highest BCUT2D eigenvalue weighted by Crippen LogP contribution is 2.39. The van der Waals surface area contributed by atoms with Crippen LogP contribution in [0.4, 0.5) is 5.69 Å². The largest absolute Gasteiger partial charge is 0.398 e. The van der Waals surface area contributed by atoms with Crippen LogP contribution in [0.3, 0.4) is 0 Å². The van der Waals surface area contributed by atoms with Crippen LogP contribution in [0.5, 0.6) is 0 Å². The fourth-order valence-corrected chi connectivity index (χ4v) is 3.45. The summed E-state index contributed by atoms with van der Waals surface area (Å²) in [5.41, 5.74) is 6.64. The van der Waals surface area contributed by atoms with Gasteiger partial charge >= 0.3 is 0 Å². The Morgan fingerprint density at radius 3 is 2.93 bits per heavy atom. The number of nitrogen functional groups attached to an aromatic ring is 1. The number of nitriles is 1. The van der Waals surface area contributed by atoms with Crippen LogP contribution in [0.1, 0.15) is 4.88 Å². The van der Waals surface area contributed by atoms with Crippen molar-refractivity contribution in [1.82, 2.24) is 0 Å². The summed E-state index contributed by atoms with van der Waals surface area (Å²) < 4.78 is 1.09. The molecule has 0 unspecified atom stereocenters. The third kappa shape index (κ3) is 1.26. The molecule has 0 aliphatic carbocycles. The van der Waals surface area contributed by atoms with Crippen LogP contribution in [0.15, 0.2) is 23.1 Å². The van der Waals surface area contributed by atoms with E-state index in [1.807, 2.05) is 24.5 Å². The number of benzene rings is 1. The lowest BCUT2D eigenvalue weighted by Gasteiger charge is -1.98. The number of thioether (sulfide) groups is 1. The lowest BCUT2D eigenvalue weighted by Crippen LogP contribution is -1.84. The minimum Gasteiger partial charge on any atom is -0.398 e. The number of hydrogen-bond acceptors (Lipinski definition) is 4. The van der Waals surface area contributed by atoms with E-state index in [1.165, 1.54) is 11.3 Å². The molecule has 0 radical (unpaired) electrons. The fourth-order valence-electron chi connectivity index (χ4n) is 1.41. The van der Waals surface area contributed by atoms with Crippen molar-refractivity contribution in [3.05, 3.63) is 23.1 Å². The Kier molecular flexibility index (Phi) is 2.36. The predicted octanol–water partition coefficient (Wildman–Crippen LogP) is 3.08. The highest BCUT2D eigenvalue weighted by molar-refractivity contribution is 7.99. The van der Waals surface area contributed by atoms with E-state index in [9.17, 15) is 0 Å². The van der Waals surface area contributed by atoms with E-state index in [0.717, 1.165) is 25.5 Å². The quantitative estimate of drug-likeness (QED) is 0.593. The van der Waals surface area contributed by atoms with Gasteiger partial charge in [-0.3, -0.25) is 0 Å². The summed E-state index contributed by atoms with van der Waals surface area (Å²) in [7, 11) is 0. The number of hydrogen-bond donors (Lipinski definition) is 1. The number of rotatable bonds is 1. The smallest absolute Gasteiger partial charge is 0.119 e. The molecule has 0 saturated heterocycles. The van der Waals surface area contributed by atoms with Gasteiger partial charge in [0, 0.05) is 20.7 Å². The van der Waals surface area contributed by atoms with Crippen LogP contribution in [0.25, 0.3) is 10.1 Å². The van der Waals surface area contributed by atoms with Crippen LogP contribution in [-0.4, -0.2) is 6.26 Å². The zero-order valence-electron chi connectivity index (χ0n) is 7.57. The first kappa shape index (κ1) is 9.38. The second kappa shape index (κ2) is 3.52. The van der Waals surface area contributed by atoms with Crippen molar-refractivity contribution in [3.8, 4) is 6.07 Å². The molecule has 1 aromatic carbocycles. The number of nitrogens with zero attached hydrogens (tertiary/aromatic N) is 1. The molecule has 0 atom stereocenters. The van der Waals surface area contributed by atoms with Gasteiger partial charge in [-0.05, 0) is 18.4 Å². The van der Waals surface area contributed by atoms with Crippen molar-refractivity contribution in [2.24, 2.45) is 0 Å². The van der Waals surface area contributed by atoms with Gasteiger partial charge in [-0.15, -0.1) is 23.1 Å². The van der Waals surface area contributed by atoms with Crippen molar-refractivity contribution in [2.75, 3.05) is 12.0 Å². The molecule has 2 aromatic rings.